The lowest BCUT2D eigenvalue weighted by Crippen LogP contribution is -2.35. The standard InChI is InChI=1S/C20H24N2O5S/c1-4-26-16-8-6-15(7-9-16)21-20(23)19-11-12-22(28(3,24)25)17-13-14(2)5-10-18(17)27-19/h5-10,13,19H,4,11-12H2,1-3H3,(H,21,23)/t19-/m0/s1. The lowest BCUT2D eigenvalue weighted by atomic mass is 10.2. The predicted octanol–water partition coefficient (Wildman–Crippen LogP) is 2.95. The molecule has 1 aliphatic rings. The molecule has 0 radical (unpaired) electrons. The lowest BCUT2D eigenvalue weighted by molar-refractivity contribution is -0.122. The first kappa shape index (κ1) is 20.0. The number of aryl methyl sites for hydroxylation is 1. The molecule has 0 spiro atoms. The molecule has 2 aromatic carbocycles. The van der Waals surface area contributed by atoms with Crippen molar-refractivity contribution in [2.45, 2.75) is 26.4 Å². The van der Waals surface area contributed by atoms with Crippen LogP contribution in [-0.4, -0.2) is 39.8 Å². The van der Waals surface area contributed by atoms with Gasteiger partial charge < -0.3 is 14.8 Å². The Balaban J connectivity index is 1.80. The highest BCUT2D eigenvalue weighted by Gasteiger charge is 2.31. The molecule has 0 fully saturated rings. The van der Waals surface area contributed by atoms with E-state index < -0.39 is 16.1 Å². The Morgan fingerprint density at radius 1 is 1.25 bits per heavy atom. The van der Waals surface area contributed by atoms with Crippen molar-refractivity contribution in [1.82, 2.24) is 0 Å². The zero-order chi connectivity index (χ0) is 20.3. The summed E-state index contributed by atoms with van der Waals surface area (Å²) in [6.45, 7) is 4.51. The van der Waals surface area contributed by atoms with E-state index in [1.165, 1.54) is 4.31 Å². The molecule has 1 aliphatic heterocycles. The minimum Gasteiger partial charge on any atom is -0.494 e. The Bertz CT molecular complexity index is 957. The van der Waals surface area contributed by atoms with E-state index in [0.717, 1.165) is 17.6 Å². The number of anilines is 2. The van der Waals surface area contributed by atoms with Gasteiger partial charge in [0.1, 0.15) is 11.5 Å². The first-order valence-corrected chi connectivity index (χ1v) is 10.9. The molecule has 0 saturated carbocycles. The molecule has 1 atom stereocenters. The summed E-state index contributed by atoms with van der Waals surface area (Å²) in [5, 5.41) is 2.82. The maximum Gasteiger partial charge on any atom is 0.265 e. The fourth-order valence-corrected chi connectivity index (χ4v) is 3.98. The van der Waals surface area contributed by atoms with Crippen molar-refractivity contribution in [3.63, 3.8) is 0 Å². The van der Waals surface area contributed by atoms with Crippen molar-refractivity contribution in [3.8, 4) is 11.5 Å². The fourth-order valence-electron chi connectivity index (χ4n) is 3.04. The molecule has 0 unspecified atom stereocenters. The van der Waals surface area contributed by atoms with Gasteiger partial charge in [0.25, 0.3) is 5.91 Å². The van der Waals surface area contributed by atoms with Crippen LogP contribution in [0, 0.1) is 6.92 Å². The minimum atomic E-state index is -3.49. The van der Waals surface area contributed by atoms with Crippen LogP contribution < -0.4 is 19.1 Å². The highest BCUT2D eigenvalue weighted by Crippen LogP contribution is 2.35. The number of hydrogen-bond acceptors (Lipinski definition) is 5. The maximum absolute atomic E-state index is 12.7. The summed E-state index contributed by atoms with van der Waals surface area (Å²) in [6, 6.07) is 12.3. The number of carbonyl (C=O) groups is 1. The van der Waals surface area contributed by atoms with Gasteiger partial charge in [0, 0.05) is 18.7 Å². The van der Waals surface area contributed by atoms with Gasteiger partial charge in [-0.15, -0.1) is 0 Å². The van der Waals surface area contributed by atoms with Crippen molar-refractivity contribution in [2.75, 3.05) is 29.0 Å². The molecule has 0 aliphatic carbocycles. The Labute approximate surface area is 165 Å². The number of fused-ring (bicyclic) bond motifs is 1. The van der Waals surface area contributed by atoms with E-state index in [0.29, 0.717) is 23.7 Å². The van der Waals surface area contributed by atoms with Gasteiger partial charge in [-0.25, -0.2) is 8.42 Å². The lowest BCUT2D eigenvalue weighted by Gasteiger charge is -2.21. The topological polar surface area (TPSA) is 84.9 Å². The number of nitrogens with zero attached hydrogens (tertiary/aromatic N) is 1. The van der Waals surface area contributed by atoms with Gasteiger partial charge >= 0.3 is 0 Å². The van der Waals surface area contributed by atoms with E-state index >= 15 is 0 Å². The largest absolute Gasteiger partial charge is 0.494 e. The van der Waals surface area contributed by atoms with E-state index in [4.69, 9.17) is 9.47 Å². The quantitative estimate of drug-likeness (QED) is 0.828. The SMILES string of the molecule is CCOc1ccc(NC(=O)[C@@H]2CCN(S(C)(=O)=O)c3cc(C)ccc3O2)cc1. The van der Waals surface area contributed by atoms with E-state index in [2.05, 4.69) is 5.32 Å². The molecule has 0 bridgehead atoms. The first-order valence-electron chi connectivity index (χ1n) is 9.06. The van der Waals surface area contributed by atoms with Gasteiger partial charge in [-0.1, -0.05) is 6.07 Å². The van der Waals surface area contributed by atoms with Crippen LogP contribution in [-0.2, 0) is 14.8 Å². The van der Waals surface area contributed by atoms with Crippen LogP contribution in [0.15, 0.2) is 42.5 Å². The smallest absolute Gasteiger partial charge is 0.265 e. The molecule has 7 nitrogen and oxygen atoms in total. The third-order valence-electron chi connectivity index (χ3n) is 4.37. The van der Waals surface area contributed by atoms with Crippen molar-refractivity contribution in [3.05, 3.63) is 48.0 Å². The number of hydrogen-bond donors (Lipinski definition) is 1. The average Bonchev–Trinajstić information content (AvgIpc) is 2.82. The third-order valence-corrected chi connectivity index (χ3v) is 5.55. The fraction of sp³-hybridized carbons (Fsp3) is 0.350. The number of sulfonamides is 1. The van der Waals surface area contributed by atoms with Crippen molar-refractivity contribution >= 4 is 27.3 Å². The van der Waals surface area contributed by atoms with Crippen LogP contribution in [0.25, 0.3) is 0 Å². The summed E-state index contributed by atoms with van der Waals surface area (Å²) in [4.78, 5) is 12.7. The van der Waals surface area contributed by atoms with Crippen LogP contribution in [0.5, 0.6) is 11.5 Å². The van der Waals surface area contributed by atoms with Crippen LogP contribution in [0.4, 0.5) is 11.4 Å². The Morgan fingerprint density at radius 3 is 2.61 bits per heavy atom. The van der Waals surface area contributed by atoms with E-state index in [-0.39, 0.29) is 18.9 Å². The van der Waals surface area contributed by atoms with E-state index in [1.54, 1.807) is 36.4 Å². The second kappa shape index (κ2) is 8.10. The second-order valence-electron chi connectivity index (χ2n) is 6.65. The van der Waals surface area contributed by atoms with Gasteiger partial charge in [0.2, 0.25) is 10.0 Å². The number of carbonyl (C=O) groups excluding carboxylic acids is 1. The summed E-state index contributed by atoms with van der Waals surface area (Å²) in [5.74, 6) is 0.769. The molecule has 3 rings (SSSR count). The van der Waals surface area contributed by atoms with Gasteiger partial charge in [0.15, 0.2) is 6.10 Å². The monoisotopic (exact) mass is 404 g/mol. The molecule has 1 N–H and O–H groups in total. The number of rotatable bonds is 5. The Morgan fingerprint density at radius 2 is 1.96 bits per heavy atom. The second-order valence-corrected chi connectivity index (χ2v) is 8.55. The van der Waals surface area contributed by atoms with Crippen molar-refractivity contribution < 1.29 is 22.7 Å². The molecule has 150 valence electrons. The maximum atomic E-state index is 12.7. The van der Waals surface area contributed by atoms with Gasteiger partial charge in [-0.2, -0.15) is 0 Å². The molecule has 28 heavy (non-hydrogen) atoms. The molecular weight excluding hydrogens is 380 g/mol. The summed E-state index contributed by atoms with van der Waals surface area (Å²) in [6.07, 6.45) is 0.586. The van der Waals surface area contributed by atoms with Crippen molar-refractivity contribution in [2.24, 2.45) is 0 Å². The van der Waals surface area contributed by atoms with Crippen LogP contribution in [0.3, 0.4) is 0 Å². The molecule has 8 heteroatoms. The molecule has 0 aromatic heterocycles. The minimum absolute atomic E-state index is 0.163. The molecular formula is C20H24N2O5S. The van der Waals surface area contributed by atoms with Crippen molar-refractivity contribution in [1.29, 1.82) is 0 Å². The Kier molecular flexibility index (Phi) is 5.79. The van der Waals surface area contributed by atoms with Gasteiger partial charge in [-0.05, 0) is 55.8 Å². The summed E-state index contributed by atoms with van der Waals surface area (Å²) in [5.41, 5.74) is 1.98. The van der Waals surface area contributed by atoms with Crippen LogP contribution in [0.2, 0.25) is 0 Å². The highest BCUT2D eigenvalue weighted by molar-refractivity contribution is 7.92. The number of ether oxygens (including phenoxy) is 2. The summed E-state index contributed by atoms with van der Waals surface area (Å²) in [7, 11) is -3.49. The summed E-state index contributed by atoms with van der Waals surface area (Å²) >= 11 is 0. The average molecular weight is 404 g/mol. The molecule has 1 amide bonds. The van der Waals surface area contributed by atoms with E-state index in [1.807, 2.05) is 19.9 Å². The predicted molar refractivity (Wildman–Crippen MR) is 109 cm³/mol. The zero-order valence-corrected chi connectivity index (χ0v) is 17.0. The van der Waals surface area contributed by atoms with Gasteiger partial charge in [-0.3, -0.25) is 9.10 Å². The zero-order valence-electron chi connectivity index (χ0n) is 16.1. The van der Waals surface area contributed by atoms with Gasteiger partial charge in [0.05, 0.1) is 18.6 Å². The van der Waals surface area contributed by atoms with E-state index in [9.17, 15) is 13.2 Å². The first-order chi connectivity index (χ1) is 13.3. The number of amides is 1. The highest BCUT2D eigenvalue weighted by atomic mass is 32.2. The Hall–Kier alpha value is -2.74. The molecule has 1 heterocycles. The van der Waals surface area contributed by atoms with Crippen LogP contribution in [0.1, 0.15) is 18.9 Å². The molecule has 0 saturated heterocycles. The summed E-state index contributed by atoms with van der Waals surface area (Å²) < 4.78 is 37.0. The number of nitrogens with one attached hydrogen (secondary N) is 1. The van der Waals surface area contributed by atoms with Crippen LogP contribution >= 0.6 is 0 Å². The third kappa shape index (κ3) is 4.56. The molecule has 2 aromatic rings. The normalized spacial score (nSPS) is 16.5. The number of benzene rings is 2.